The molecule has 0 aliphatic rings. The van der Waals surface area contributed by atoms with E-state index in [0.717, 1.165) is 0 Å². The van der Waals surface area contributed by atoms with E-state index in [4.69, 9.17) is 16.1 Å². The van der Waals surface area contributed by atoms with Crippen molar-refractivity contribution in [2.45, 2.75) is 18.7 Å². The molecular formula is C11H11ClN2O4S. The molecule has 2 aromatic rings. The second kappa shape index (κ2) is 4.75. The summed E-state index contributed by atoms with van der Waals surface area (Å²) in [7, 11) is -3.81. The third-order valence-electron chi connectivity index (χ3n) is 2.44. The molecule has 19 heavy (non-hydrogen) atoms. The number of sulfonamides is 1. The maximum absolute atomic E-state index is 12.2. The monoisotopic (exact) mass is 302 g/mol. The van der Waals surface area contributed by atoms with Crippen LogP contribution in [-0.2, 0) is 10.0 Å². The first-order valence-electron chi connectivity index (χ1n) is 5.25. The number of rotatable bonds is 3. The van der Waals surface area contributed by atoms with Crippen LogP contribution in [0.15, 0.2) is 27.6 Å². The summed E-state index contributed by atoms with van der Waals surface area (Å²) in [6, 6.07) is 4.01. The summed E-state index contributed by atoms with van der Waals surface area (Å²) in [6.45, 7) is 3.05. The Morgan fingerprint density at radius 3 is 2.58 bits per heavy atom. The van der Waals surface area contributed by atoms with Crippen LogP contribution in [-0.4, -0.2) is 18.7 Å². The van der Waals surface area contributed by atoms with Gasteiger partial charge in [0.25, 0.3) is 10.0 Å². The Balaban J connectivity index is 2.39. The summed E-state index contributed by atoms with van der Waals surface area (Å²) in [5.41, 5.74) is 0.512. The van der Waals surface area contributed by atoms with Crippen molar-refractivity contribution in [3.63, 3.8) is 0 Å². The van der Waals surface area contributed by atoms with Crippen LogP contribution in [0.4, 0.5) is 5.69 Å². The summed E-state index contributed by atoms with van der Waals surface area (Å²) < 4.78 is 31.5. The average Bonchev–Trinajstić information content (AvgIpc) is 2.64. The zero-order valence-electron chi connectivity index (χ0n) is 10.1. The van der Waals surface area contributed by atoms with Crippen molar-refractivity contribution in [3.05, 3.63) is 34.7 Å². The van der Waals surface area contributed by atoms with Gasteiger partial charge in [0.15, 0.2) is 10.7 Å². The molecule has 0 fully saturated rings. The van der Waals surface area contributed by atoms with Crippen LogP contribution < -0.4 is 4.72 Å². The summed E-state index contributed by atoms with van der Waals surface area (Å²) >= 11 is 5.71. The van der Waals surface area contributed by atoms with Crippen molar-refractivity contribution in [3.8, 4) is 5.75 Å². The van der Waals surface area contributed by atoms with E-state index in [-0.39, 0.29) is 32.8 Å². The lowest BCUT2D eigenvalue weighted by molar-refractivity contribution is 0.390. The first-order valence-corrected chi connectivity index (χ1v) is 7.11. The van der Waals surface area contributed by atoms with Crippen LogP contribution in [0, 0.1) is 13.8 Å². The smallest absolute Gasteiger partial charge is 0.267 e. The molecule has 6 nitrogen and oxygen atoms in total. The van der Waals surface area contributed by atoms with E-state index in [9.17, 15) is 13.5 Å². The zero-order valence-corrected chi connectivity index (χ0v) is 11.7. The number of aryl methyl sites for hydroxylation is 2. The predicted molar refractivity (Wildman–Crippen MR) is 69.9 cm³/mol. The van der Waals surface area contributed by atoms with Gasteiger partial charge in [-0.15, -0.1) is 0 Å². The molecule has 1 aromatic carbocycles. The molecular weight excluding hydrogens is 292 g/mol. The van der Waals surface area contributed by atoms with Crippen molar-refractivity contribution in [2.75, 3.05) is 4.72 Å². The van der Waals surface area contributed by atoms with E-state index in [1.165, 1.54) is 32.0 Å². The molecule has 8 heteroatoms. The fourth-order valence-corrected chi connectivity index (χ4v) is 3.20. The Morgan fingerprint density at radius 2 is 2.05 bits per heavy atom. The third-order valence-corrected chi connectivity index (χ3v) is 4.36. The summed E-state index contributed by atoms with van der Waals surface area (Å²) in [6.07, 6.45) is 0. The van der Waals surface area contributed by atoms with Crippen LogP contribution in [0.5, 0.6) is 5.75 Å². The second-order valence-electron chi connectivity index (χ2n) is 3.92. The van der Waals surface area contributed by atoms with Crippen LogP contribution in [0.2, 0.25) is 5.02 Å². The fourth-order valence-electron chi connectivity index (χ4n) is 1.63. The van der Waals surface area contributed by atoms with Crippen LogP contribution in [0.3, 0.4) is 0 Å². The molecule has 0 amide bonds. The Kier molecular flexibility index (Phi) is 3.42. The van der Waals surface area contributed by atoms with Crippen molar-refractivity contribution in [1.82, 2.24) is 5.16 Å². The molecule has 0 atom stereocenters. The lowest BCUT2D eigenvalue weighted by Gasteiger charge is -2.08. The van der Waals surface area contributed by atoms with E-state index < -0.39 is 10.0 Å². The van der Waals surface area contributed by atoms with Crippen molar-refractivity contribution >= 4 is 27.3 Å². The van der Waals surface area contributed by atoms with Crippen LogP contribution in [0.25, 0.3) is 0 Å². The summed E-state index contributed by atoms with van der Waals surface area (Å²) in [4.78, 5) is -0.00306. The highest BCUT2D eigenvalue weighted by Crippen LogP contribution is 2.28. The third kappa shape index (κ3) is 2.66. The number of anilines is 1. The molecule has 102 valence electrons. The molecule has 0 aliphatic carbocycles. The SMILES string of the molecule is Cc1noc(C)c1S(=O)(=O)Nc1ccc(O)c(Cl)c1. The van der Waals surface area contributed by atoms with Gasteiger partial charge < -0.3 is 9.63 Å². The van der Waals surface area contributed by atoms with E-state index in [2.05, 4.69) is 9.88 Å². The van der Waals surface area contributed by atoms with Crippen molar-refractivity contribution in [1.29, 1.82) is 0 Å². The number of phenolic OH excluding ortho intramolecular Hbond substituents is 1. The van der Waals surface area contributed by atoms with Gasteiger partial charge in [-0.25, -0.2) is 8.42 Å². The lowest BCUT2D eigenvalue weighted by Crippen LogP contribution is -2.14. The number of nitrogens with one attached hydrogen (secondary N) is 1. The minimum absolute atomic E-state index is 0.00306. The predicted octanol–water partition coefficient (Wildman–Crippen LogP) is 2.45. The molecule has 2 N–H and O–H groups in total. The normalized spacial score (nSPS) is 11.5. The van der Waals surface area contributed by atoms with Crippen LogP contribution >= 0.6 is 11.6 Å². The standard InChI is InChI=1S/C11H11ClN2O4S/c1-6-11(7(2)18-13-6)19(16,17)14-8-3-4-10(15)9(12)5-8/h3-5,14-15H,1-2H3. The van der Waals surface area contributed by atoms with Gasteiger partial charge in [-0.05, 0) is 32.0 Å². The van der Waals surface area contributed by atoms with E-state index in [1.807, 2.05) is 0 Å². The van der Waals surface area contributed by atoms with E-state index in [1.54, 1.807) is 0 Å². The van der Waals surface area contributed by atoms with Gasteiger partial charge >= 0.3 is 0 Å². The van der Waals surface area contributed by atoms with Gasteiger partial charge in [-0.2, -0.15) is 0 Å². The molecule has 1 heterocycles. The first kappa shape index (κ1) is 13.7. The Hall–Kier alpha value is -1.73. The molecule has 0 bridgehead atoms. The molecule has 0 unspecified atom stereocenters. The zero-order chi connectivity index (χ0) is 14.2. The number of hydrogen-bond acceptors (Lipinski definition) is 5. The quantitative estimate of drug-likeness (QED) is 0.850. The Labute approximate surface area is 115 Å². The van der Waals surface area contributed by atoms with Crippen molar-refractivity contribution in [2.24, 2.45) is 0 Å². The number of benzene rings is 1. The number of halogens is 1. The highest BCUT2D eigenvalue weighted by molar-refractivity contribution is 7.92. The molecule has 0 saturated heterocycles. The minimum atomic E-state index is -3.81. The highest BCUT2D eigenvalue weighted by Gasteiger charge is 2.24. The summed E-state index contributed by atoms with van der Waals surface area (Å²) in [5.74, 6) is 0.0804. The van der Waals surface area contributed by atoms with Gasteiger partial charge in [0, 0.05) is 0 Å². The maximum atomic E-state index is 12.2. The van der Waals surface area contributed by atoms with E-state index in [0.29, 0.717) is 0 Å². The minimum Gasteiger partial charge on any atom is -0.506 e. The van der Waals surface area contributed by atoms with E-state index >= 15 is 0 Å². The maximum Gasteiger partial charge on any atom is 0.267 e. The first-order chi connectivity index (χ1) is 8.81. The highest BCUT2D eigenvalue weighted by atomic mass is 35.5. The Morgan fingerprint density at radius 1 is 1.37 bits per heavy atom. The number of aromatic hydroxyl groups is 1. The molecule has 0 radical (unpaired) electrons. The topological polar surface area (TPSA) is 92.4 Å². The van der Waals surface area contributed by atoms with Gasteiger partial charge in [-0.3, -0.25) is 4.72 Å². The van der Waals surface area contributed by atoms with Crippen molar-refractivity contribution < 1.29 is 18.0 Å². The van der Waals surface area contributed by atoms with Gasteiger partial charge in [0.05, 0.1) is 10.7 Å². The summed E-state index contributed by atoms with van der Waals surface area (Å²) in [5, 5.41) is 12.9. The number of aromatic nitrogens is 1. The average molecular weight is 303 g/mol. The largest absolute Gasteiger partial charge is 0.506 e. The fraction of sp³-hybridized carbons (Fsp3) is 0.182. The second-order valence-corrected chi connectivity index (χ2v) is 5.95. The molecule has 1 aromatic heterocycles. The molecule has 0 spiro atoms. The number of phenols is 1. The van der Waals surface area contributed by atoms with Gasteiger partial charge in [-0.1, -0.05) is 16.8 Å². The number of hydrogen-bond donors (Lipinski definition) is 2. The Bertz CT molecular complexity index is 705. The molecule has 2 rings (SSSR count). The van der Waals surface area contributed by atoms with Gasteiger partial charge in [0.2, 0.25) is 0 Å². The molecule has 0 saturated carbocycles. The molecule has 0 aliphatic heterocycles. The number of nitrogens with zero attached hydrogens (tertiary/aromatic N) is 1. The van der Waals surface area contributed by atoms with Gasteiger partial charge in [0.1, 0.15) is 11.4 Å². The van der Waals surface area contributed by atoms with Crippen LogP contribution in [0.1, 0.15) is 11.5 Å². The lowest BCUT2D eigenvalue weighted by atomic mass is 10.3.